The van der Waals surface area contributed by atoms with E-state index >= 15 is 0 Å². The van der Waals surface area contributed by atoms with Crippen molar-refractivity contribution in [2.45, 2.75) is 12.2 Å². The number of rotatable bonds is 5. The van der Waals surface area contributed by atoms with Crippen molar-refractivity contribution in [3.05, 3.63) is 47.3 Å². The van der Waals surface area contributed by atoms with E-state index in [1.807, 2.05) is 6.08 Å². The first kappa shape index (κ1) is 14.2. The molecule has 0 unspecified atom stereocenters. The summed E-state index contributed by atoms with van der Waals surface area (Å²) in [5.41, 5.74) is 1.54. The van der Waals surface area contributed by atoms with E-state index in [9.17, 15) is 12.8 Å². The highest BCUT2D eigenvalue weighted by atomic mass is 32.2. The topological polar surface area (TPSA) is 58.2 Å². The van der Waals surface area contributed by atoms with Gasteiger partial charge in [-0.1, -0.05) is 23.8 Å². The van der Waals surface area contributed by atoms with E-state index < -0.39 is 15.8 Å². The smallest absolute Gasteiger partial charge is 0.216 e. The highest BCUT2D eigenvalue weighted by Gasteiger charge is 2.13. The van der Waals surface area contributed by atoms with Crippen LogP contribution in [0.1, 0.15) is 12.0 Å². The fourth-order valence-corrected chi connectivity index (χ4v) is 3.06. The highest BCUT2D eigenvalue weighted by Crippen LogP contribution is 2.08. The number of hydrogen-bond acceptors (Lipinski definition) is 3. The second kappa shape index (κ2) is 6.27. The Morgan fingerprint density at radius 1 is 1.37 bits per heavy atom. The standard InChI is InChI=1S/C13H17FN2O2S/c14-13-3-1-2-12(8-13)10-19(17,18)16-9-11-4-6-15-7-5-11/h1-4,8,15-16H,5-7,9-10H2. The van der Waals surface area contributed by atoms with Gasteiger partial charge in [0.25, 0.3) is 0 Å². The van der Waals surface area contributed by atoms with E-state index in [-0.39, 0.29) is 5.75 Å². The molecule has 0 saturated heterocycles. The van der Waals surface area contributed by atoms with Crippen LogP contribution in [0.15, 0.2) is 35.9 Å². The first-order valence-corrected chi connectivity index (χ1v) is 7.81. The third-order valence-electron chi connectivity index (χ3n) is 2.92. The first-order valence-electron chi connectivity index (χ1n) is 6.15. The molecule has 0 bridgehead atoms. The minimum Gasteiger partial charge on any atom is -0.313 e. The van der Waals surface area contributed by atoms with Gasteiger partial charge in [-0.05, 0) is 30.7 Å². The van der Waals surface area contributed by atoms with Gasteiger partial charge in [0.15, 0.2) is 0 Å². The van der Waals surface area contributed by atoms with Gasteiger partial charge in [-0.2, -0.15) is 0 Å². The Balaban J connectivity index is 1.93. The summed E-state index contributed by atoms with van der Waals surface area (Å²) in [5, 5.41) is 3.16. The maximum Gasteiger partial charge on any atom is 0.216 e. The predicted molar refractivity (Wildman–Crippen MR) is 72.6 cm³/mol. The Morgan fingerprint density at radius 2 is 2.21 bits per heavy atom. The van der Waals surface area contributed by atoms with Crippen LogP contribution in [0.2, 0.25) is 0 Å². The molecule has 104 valence electrons. The molecule has 0 aromatic heterocycles. The molecule has 2 rings (SSSR count). The zero-order valence-electron chi connectivity index (χ0n) is 10.5. The zero-order chi connectivity index (χ0) is 13.7. The Kier molecular flexibility index (Phi) is 4.68. The molecular formula is C13H17FN2O2S. The molecule has 1 aromatic rings. The maximum absolute atomic E-state index is 13.0. The summed E-state index contributed by atoms with van der Waals surface area (Å²) in [6.45, 7) is 1.98. The lowest BCUT2D eigenvalue weighted by Gasteiger charge is -2.14. The van der Waals surface area contributed by atoms with E-state index in [0.717, 1.165) is 25.1 Å². The van der Waals surface area contributed by atoms with Crippen LogP contribution in [0.3, 0.4) is 0 Å². The average Bonchev–Trinajstić information content (AvgIpc) is 2.37. The van der Waals surface area contributed by atoms with E-state index in [2.05, 4.69) is 10.0 Å². The number of nitrogens with one attached hydrogen (secondary N) is 2. The molecule has 1 aromatic carbocycles. The second-order valence-corrected chi connectivity index (χ2v) is 6.33. The van der Waals surface area contributed by atoms with Crippen LogP contribution in [0.4, 0.5) is 4.39 Å². The normalized spacial score (nSPS) is 16.2. The second-order valence-electron chi connectivity index (χ2n) is 4.53. The zero-order valence-corrected chi connectivity index (χ0v) is 11.3. The number of benzene rings is 1. The van der Waals surface area contributed by atoms with E-state index in [0.29, 0.717) is 12.1 Å². The third kappa shape index (κ3) is 4.74. The molecule has 0 amide bonds. The van der Waals surface area contributed by atoms with Crippen LogP contribution in [-0.4, -0.2) is 28.1 Å². The van der Waals surface area contributed by atoms with E-state index in [4.69, 9.17) is 0 Å². The van der Waals surface area contributed by atoms with Crippen LogP contribution in [0, 0.1) is 5.82 Å². The SMILES string of the molecule is O=S(=O)(Cc1cccc(F)c1)NCC1=CCNCC1. The first-order chi connectivity index (χ1) is 9.05. The minimum atomic E-state index is -3.43. The van der Waals surface area contributed by atoms with Gasteiger partial charge in [0.05, 0.1) is 5.75 Å². The Morgan fingerprint density at radius 3 is 2.89 bits per heavy atom. The summed E-state index contributed by atoms with van der Waals surface area (Å²) in [6, 6.07) is 5.65. The summed E-state index contributed by atoms with van der Waals surface area (Å²) in [7, 11) is -3.43. The molecule has 1 aliphatic rings. The molecule has 0 fully saturated rings. The van der Waals surface area contributed by atoms with Gasteiger partial charge in [0.1, 0.15) is 5.82 Å². The van der Waals surface area contributed by atoms with Gasteiger partial charge in [0, 0.05) is 13.1 Å². The molecule has 4 nitrogen and oxygen atoms in total. The van der Waals surface area contributed by atoms with Crippen LogP contribution >= 0.6 is 0 Å². The Hall–Kier alpha value is -1.24. The van der Waals surface area contributed by atoms with Gasteiger partial charge in [-0.3, -0.25) is 0 Å². The lowest BCUT2D eigenvalue weighted by Crippen LogP contribution is -2.30. The van der Waals surface area contributed by atoms with Crippen molar-refractivity contribution in [2.24, 2.45) is 0 Å². The molecule has 0 aliphatic carbocycles. The van der Waals surface area contributed by atoms with Crippen molar-refractivity contribution in [1.29, 1.82) is 0 Å². The lowest BCUT2D eigenvalue weighted by molar-refractivity contribution is 0.581. The molecule has 0 spiro atoms. The molecule has 1 heterocycles. The summed E-state index contributed by atoms with van der Waals surface area (Å²) in [4.78, 5) is 0. The summed E-state index contributed by atoms with van der Waals surface area (Å²) >= 11 is 0. The molecule has 19 heavy (non-hydrogen) atoms. The Bertz CT molecular complexity index is 570. The number of hydrogen-bond donors (Lipinski definition) is 2. The van der Waals surface area contributed by atoms with Crippen molar-refractivity contribution in [2.75, 3.05) is 19.6 Å². The summed E-state index contributed by atoms with van der Waals surface area (Å²) in [5.74, 6) is -0.621. The van der Waals surface area contributed by atoms with E-state index in [1.54, 1.807) is 6.07 Å². The van der Waals surface area contributed by atoms with Gasteiger partial charge in [-0.25, -0.2) is 17.5 Å². The summed E-state index contributed by atoms with van der Waals surface area (Å²) < 4.78 is 39.3. The minimum absolute atomic E-state index is 0.198. The quantitative estimate of drug-likeness (QED) is 0.798. The van der Waals surface area contributed by atoms with Gasteiger partial charge < -0.3 is 5.32 Å². The van der Waals surface area contributed by atoms with Crippen molar-refractivity contribution < 1.29 is 12.8 Å². The fraction of sp³-hybridized carbons (Fsp3) is 0.385. The highest BCUT2D eigenvalue weighted by molar-refractivity contribution is 7.88. The van der Waals surface area contributed by atoms with Crippen LogP contribution in [0.5, 0.6) is 0 Å². The van der Waals surface area contributed by atoms with Gasteiger partial charge in [0.2, 0.25) is 10.0 Å². The fourth-order valence-electron chi connectivity index (χ4n) is 1.93. The molecular weight excluding hydrogens is 267 g/mol. The third-order valence-corrected chi connectivity index (χ3v) is 4.22. The molecule has 1 aliphatic heterocycles. The monoisotopic (exact) mass is 284 g/mol. The van der Waals surface area contributed by atoms with Crippen molar-refractivity contribution in [3.8, 4) is 0 Å². The molecule has 2 N–H and O–H groups in total. The van der Waals surface area contributed by atoms with Crippen molar-refractivity contribution in [1.82, 2.24) is 10.0 Å². The Labute approximate surface area is 112 Å². The number of sulfonamides is 1. The largest absolute Gasteiger partial charge is 0.313 e. The van der Waals surface area contributed by atoms with Crippen LogP contribution in [-0.2, 0) is 15.8 Å². The van der Waals surface area contributed by atoms with Crippen molar-refractivity contribution in [3.63, 3.8) is 0 Å². The van der Waals surface area contributed by atoms with Crippen LogP contribution in [0.25, 0.3) is 0 Å². The average molecular weight is 284 g/mol. The predicted octanol–water partition coefficient (Wildman–Crippen LogP) is 1.16. The molecule has 0 atom stereocenters. The van der Waals surface area contributed by atoms with Crippen LogP contribution < -0.4 is 10.0 Å². The maximum atomic E-state index is 13.0. The van der Waals surface area contributed by atoms with Gasteiger partial charge >= 0.3 is 0 Å². The van der Waals surface area contributed by atoms with Gasteiger partial charge in [-0.15, -0.1) is 0 Å². The number of halogens is 1. The summed E-state index contributed by atoms with van der Waals surface area (Å²) in [6.07, 6.45) is 2.84. The molecule has 0 saturated carbocycles. The molecule has 0 radical (unpaired) electrons. The van der Waals surface area contributed by atoms with Crippen molar-refractivity contribution >= 4 is 10.0 Å². The van der Waals surface area contributed by atoms with E-state index in [1.165, 1.54) is 18.2 Å². The molecule has 6 heteroatoms. The lowest BCUT2D eigenvalue weighted by atomic mass is 10.1.